The minimum Gasteiger partial charge on any atom is -0.370 e. The SMILES string of the molecule is CNC(COCC(F)(F)F)c1ccccc1F. The minimum absolute atomic E-state index is 0.239. The average molecular weight is 251 g/mol. The maximum Gasteiger partial charge on any atom is 0.411 e. The van der Waals surface area contributed by atoms with Gasteiger partial charge < -0.3 is 10.1 Å². The third kappa shape index (κ3) is 4.70. The predicted octanol–water partition coefficient (Wildman–Crippen LogP) is 2.67. The van der Waals surface area contributed by atoms with Crippen molar-refractivity contribution in [3.63, 3.8) is 0 Å². The second-order valence-electron chi connectivity index (χ2n) is 3.49. The van der Waals surface area contributed by atoms with Crippen LogP contribution in [0.2, 0.25) is 0 Å². The van der Waals surface area contributed by atoms with E-state index in [-0.39, 0.29) is 12.2 Å². The van der Waals surface area contributed by atoms with Crippen LogP contribution in [0.5, 0.6) is 0 Å². The Hall–Kier alpha value is -1.14. The van der Waals surface area contributed by atoms with Crippen molar-refractivity contribution >= 4 is 0 Å². The fraction of sp³-hybridized carbons (Fsp3) is 0.455. The van der Waals surface area contributed by atoms with E-state index in [1.54, 1.807) is 6.07 Å². The summed E-state index contributed by atoms with van der Waals surface area (Å²) in [5.74, 6) is -0.470. The number of benzene rings is 1. The summed E-state index contributed by atoms with van der Waals surface area (Å²) in [6.07, 6.45) is -4.37. The molecular weight excluding hydrogens is 238 g/mol. The highest BCUT2D eigenvalue weighted by Crippen LogP contribution is 2.19. The molecule has 0 amide bonds. The molecule has 17 heavy (non-hydrogen) atoms. The molecule has 0 spiro atoms. The molecule has 0 heterocycles. The Kier molecular flexibility index (Phi) is 4.89. The minimum atomic E-state index is -4.37. The molecule has 6 heteroatoms. The summed E-state index contributed by atoms with van der Waals surface area (Å²) in [6.45, 7) is -1.57. The van der Waals surface area contributed by atoms with Gasteiger partial charge in [-0.05, 0) is 13.1 Å². The monoisotopic (exact) mass is 251 g/mol. The van der Waals surface area contributed by atoms with Gasteiger partial charge in [0.05, 0.1) is 12.6 Å². The summed E-state index contributed by atoms with van der Waals surface area (Å²) in [5, 5.41) is 2.71. The fourth-order valence-corrected chi connectivity index (χ4v) is 1.38. The third-order valence-corrected chi connectivity index (χ3v) is 2.18. The van der Waals surface area contributed by atoms with Crippen molar-refractivity contribution in [2.24, 2.45) is 0 Å². The zero-order chi connectivity index (χ0) is 12.9. The maximum atomic E-state index is 13.4. The molecule has 0 fully saturated rings. The molecule has 1 rings (SSSR count). The van der Waals surface area contributed by atoms with Crippen LogP contribution in [0.15, 0.2) is 24.3 Å². The topological polar surface area (TPSA) is 21.3 Å². The van der Waals surface area contributed by atoms with Crippen LogP contribution in [0.25, 0.3) is 0 Å². The van der Waals surface area contributed by atoms with Crippen LogP contribution in [0.4, 0.5) is 17.6 Å². The van der Waals surface area contributed by atoms with Crippen LogP contribution >= 0.6 is 0 Å². The Morgan fingerprint density at radius 1 is 1.29 bits per heavy atom. The second-order valence-corrected chi connectivity index (χ2v) is 3.49. The van der Waals surface area contributed by atoms with Crippen LogP contribution < -0.4 is 5.32 Å². The summed E-state index contributed by atoms with van der Waals surface area (Å²) >= 11 is 0. The van der Waals surface area contributed by atoms with E-state index in [1.165, 1.54) is 25.2 Å². The average Bonchev–Trinajstić information content (AvgIpc) is 2.24. The first kappa shape index (κ1) is 13.9. The van der Waals surface area contributed by atoms with Crippen molar-refractivity contribution < 1.29 is 22.3 Å². The van der Waals surface area contributed by atoms with Gasteiger partial charge in [-0.3, -0.25) is 0 Å². The Morgan fingerprint density at radius 2 is 1.94 bits per heavy atom. The van der Waals surface area contributed by atoms with E-state index in [2.05, 4.69) is 10.1 Å². The molecule has 1 N–H and O–H groups in total. The molecule has 0 bridgehead atoms. The quantitative estimate of drug-likeness (QED) is 0.812. The molecule has 0 aromatic heterocycles. The second kappa shape index (κ2) is 5.97. The van der Waals surface area contributed by atoms with Gasteiger partial charge in [-0.1, -0.05) is 18.2 Å². The summed E-state index contributed by atoms with van der Waals surface area (Å²) in [4.78, 5) is 0. The fourth-order valence-electron chi connectivity index (χ4n) is 1.38. The van der Waals surface area contributed by atoms with Gasteiger partial charge in [-0.25, -0.2) is 4.39 Å². The van der Waals surface area contributed by atoms with Gasteiger partial charge in [0.1, 0.15) is 12.4 Å². The van der Waals surface area contributed by atoms with Crippen LogP contribution in [0.1, 0.15) is 11.6 Å². The lowest BCUT2D eigenvalue weighted by atomic mass is 10.1. The smallest absolute Gasteiger partial charge is 0.370 e. The van der Waals surface area contributed by atoms with Gasteiger partial charge in [0.25, 0.3) is 0 Å². The molecule has 1 unspecified atom stereocenters. The molecule has 2 nitrogen and oxygen atoms in total. The first-order chi connectivity index (χ1) is 7.94. The van der Waals surface area contributed by atoms with Crippen LogP contribution in [-0.2, 0) is 4.74 Å². The number of rotatable bonds is 5. The summed E-state index contributed by atoms with van der Waals surface area (Å²) in [5.41, 5.74) is 0.289. The lowest BCUT2D eigenvalue weighted by Crippen LogP contribution is -2.26. The van der Waals surface area contributed by atoms with E-state index in [0.29, 0.717) is 0 Å². The standard InChI is InChI=1S/C11H13F4NO/c1-16-10(6-17-7-11(13,14)15)8-4-2-3-5-9(8)12/h2-5,10,16H,6-7H2,1H3. The molecule has 1 aromatic rings. The largest absolute Gasteiger partial charge is 0.411 e. The molecule has 0 aliphatic carbocycles. The van der Waals surface area contributed by atoms with E-state index in [1.807, 2.05) is 0 Å². The molecule has 1 aromatic carbocycles. The Bertz CT molecular complexity index is 354. The summed E-state index contributed by atoms with van der Waals surface area (Å²) in [7, 11) is 1.54. The number of halogens is 4. The zero-order valence-electron chi connectivity index (χ0n) is 9.22. The van der Waals surface area contributed by atoms with Crippen LogP contribution in [-0.4, -0.2) is 26.4 Å². The van der Waals surface area contributed by atoms with E-state index >= 15 is 0 Å². The first-order valence-corrected chi connectivity index (χ1v) is 5.00. The normalized spacial score (nSPS) is 13.7. The summed E-state index contributed by atoms with van der Waals surface area (Å²) in [6, 6.07) is 5.30. The van der Waals surface area contributed by atoms with E-state index < -0.39 is 24.6 Å². The number of nitrogens with one attached hydrogen (secondary N) is 1. The van der Waals surface area contributed by atoms with Crippen molar-refractivity contribution in [2.75, 3.05) is 20.3 Å². The first-order valence-electron chi connectivity index (χ1n) is 5.00. The van der Waals surface area contributed by atoms with Crippen molar-refractivity contribution in [3.8, 4) is 0 Å². The lowest BCUT2D eigenvalue weighted by Gasteiger charge is -2.18. The Morgan fingerprint density at radius 3 is 2.47 bits per heavy atom. The molecule has 0 aliphatic rings. The number of alkyl halides is 3. The van der Waals surface area contributed by atoms with Crippen molar-refractivity contribution in [1.82, 2.24) is 5.32 Å². The van der Waals surface area contributed by atoms with Gasteiger partial charge in [0.2, 0.25) is 0 Å². The highest BCUT2D eigenvalue weighted by molar-refractivity contribution is 5.21. The number of ether oxygens (including phenoxy) is 1. The van der Waals surface area contributed by atoms with E-state index in [4.69, 9.17) is 0 Å². The van der Waals surface area contributed by atoms with Crippen molar-refractivity contribution in [1.29, 1.82) is 0 Å². The molecule has 1 atom stereocenters. The van der Waals surface area contributed by atoms with Crippen LogP contribution in [0.3, 0.4) is 0 Å². The highest BCUT2D eigenvalue weighted by atomic mass is 19.4. The zero-order valence-corrected chi connectivity index (χ0v) is 9.22. The highest BCUT2D eigenvalue weighted by Gasteiger charge is 2.28. The van der Waals surface area contributed by atoms with Gasteiger partial charge in [-0.2, -0.15) is 13.2 Å². The predicted molar refractivity (Wildman–Crippen MR) is 55.1 cm³/mol. The van der Waals surface area contributed by atoms with Crippen LogP contribution in [0, 0.1) is 5.82 Å². The van der Waals surface area contributed by atoms with E-state index in [9.17, 15) is 17.6 Å². The molecule has 96 valence electrons. The maximum absolute atomic E-state index is 13.4. The molecular formula is C11H13F4NO. The van der Waals surface area contributed by atoms with Crippen molar-refractivity contribution in [3.05, 3.63) is 35.6 Å². The number of hydrogen-bond donors (Lipinski definition) is 1. The van der Waals surface area contributed by atoms with Gasteiger partial charge in [0, 0.05) is 5.56 Å². The van der Waals surface area contributed by atoms with Gasteiger partial charge in [0.15, 0.2) is 0 Å². The Labute approximate surface area is 96.6 Å². The van der Waals surface area contributed by atoms with E-state index in [0.717, 1.165) is 0 Å². The van der Waals surface area contributed by atoms with Crippen molar-refractivity contribution in [2.45, 2.75) is 12.2 Å². The third-order valence-electron chi connectivity index (χ3n) is 2.18. The molecule has 0 radical (unpaired) electrons. The summed E-state index contributed by atoms with van der Waals surface area (Å²) < 4.78 is 53.5. The lowest BCUT2D eigenvalue weighted by molar-refractivity contribution is -0.175. The van der Waals surface area contributed by atoms with Gasteiger partial charge in [-0.15, -0.1) is 0 Å². The molecule has 0 aliphatic heterocycles. The molecule has 0 saturated heterocycles. The molecule has 0 saturated carbocycles. The number of hydrogen-bond acceptors (Lipinski definition) is 2. The number of likely N-dealkylation sites (N-methyl/N-ethyl adjacent to an activating group) is 1. The Balaban J connectivity index is 2.58. The van der Waals surface area contributed by atoms with Gasteiger partial charge >= 0.3 is 6.18 Å².